The molecule has 0 atom stereocenters. The molecule has 0 fully saturated rings. The summed E-state index contributed by atoms with van der Waals surface area (Å²) in [4.78, 5) is 35.3. The van der Waals surface area contributed by atoms with Crippen LogP contribution in [0.2, 0.25) is 5.02 Å². The highest BCUT2D eigenvalue weighted by atomic mass is 35.5. The Morgan fingerprint density at radius 3 is 2.61 bits per heavy atom. The van der Waals surface area contributed by atoms with E-state index >= 15 is 0 Å². The first-order valence-corrected chi connectivity index (χ1v) is 9.11. The number of carbonyl (C=O) groups is 1. The second kappa shape index (κ2) is 8.61. The molecule has 0 aliphatic heterocycles. The van der Waals surface area contributed by atoms with Crippen molar-refractivity contribution in [1.82, 2.24) is 9.78 Å². The Balaban J connectivity index is 2.25. The summed E-state index contributed by atoms with van der Waals surface area (Å²) in [5, 5.41) is 34.6. The molecule has 0 saturated carbocycles. The molecule has 10 heteroatoms. The molecule has 2 aromatic carbocycles. The summed E-state index contributed by atoms with van der Waals surface area (Å²) in [6.45, 7) is 1.75. The SMILES string of the molecule is Cc1ccc(-n2nc(C(=O)O)c(/C=C/c3ccccc3[N+](=O)[O-])c(C#N)c2=O)cc1Cl. The molecule has 1 N–H and O–H groups in total. The number of nitrogens with zero attached hydrogens (tertiary/aromatic N) is 4. The number of carboxylic acids is 1. The summed E-state index contributed by atoms with van der Waals surface area (Å²) < 4.78 is 0.787. The number of benzene rings is 2. The molecule has 31 heavy (non-hydrogen) atoms. The highest BCUT2D eigenvalue weighted by Gasteiger charge is 2.22. The minimum atomic E-state index is -1.48. The molecule has 0 spiro atoms. The number of aromatic carboxylic acids is 1. The number of carboxylic acid groups (broad SMARTS) is 1. The zero-order valence-corrected chi connectivity index (χ0v) is 16.7. The molecule has 0 aliphatic rings. The molecular formula is C21H13ClN4O5. The highest BCUT2D eigenvalue weighted by Crippen LogP contribution is 2.23. The van der Waals surface area contributed by atoms with E-state index in [0.29, 0.717) is 5.02 Å². The van der Waals surface area contributed by atoms with Crippen molar-refractivity contribution in [1.29, 1.82) is 5.26 Å². The van der Waals surface area contributed by atoms with Gasteiger partial charge in [-0.2, -0.15) is 15.0 Å². The predicted octanol–water partition coefficient (Wildman–Crippen LogP) is 3.84. The van der Waals surface area contributed by atoms with Crippen LogP contribution in [0.5, 0.6) is 0 Å². The fourth-order valence-corrected chi connectivity index (χ4v) is 3.00. The van der Waals surface area contributed by atoms with E-state index in [4.69, 9.17) is 11.6 Å². The minimum Gasteiger partial charge on any atom is -0.476 e. The van der Waals surface area contributed by atoms with Gasteiger partial charge in [0, 0.05) is 16.7 Å². The number of aryl methyl sites for hydroxylation is 1. The summed E-state index contributed by atoms with van der Waals surface area (Å²) in [6, 6.07) is 12.1. The molecule has 0 unspecified atom stereocenters. The number of rotatable bonds is 5. The van der Waals surface area contributed by atoms with E-state index in [9.17, 15) is 30.1 Å². The molecule has 9 nitrogen and oxygen atoms in total. The molecule has 3 aromatic rings. The maximum Gasteiger partial charge on any atom is 0.357 e. The zero-order valence-electron chi connectivity index (χ0n) is 15.9. The fourth-order valence-electron chi connectivity index (χ4n) is 2.82. The van der Waals surface area contributed by atoms with Crippen molar-refractivity contribution in [3.05, 3.63) is 95.9 Å². The molecule has 154 valence electrons. The number of nitro benzene ring substituents is 1. The van der Waals surface area contributed by atoms with Crippen molar-refractivity contribution in [3.63, 3.8) is 0 Å². The fraction of sp³-hybridized carbons (Fsp3) is 0.0476. The number of halogens is 1. The summed E-state index contributed by atoms with van der Waals surface area (Å²) in [5.41, 5.74) is -1.27. The third kappa shape index (κ3) is 4.19. The van der Waals surface area contributed by atoms with Gasteiger partial charge in [-0.05, 0) is 36.8 Å². The van der Waals surface area contributed by atoms with Gasteiger partial charge in [0.25, 0.3) is 11.2 Å². The molecule has 0 amide bonds. The first-order chi connectivity index (χ1) is 14.7. The number of hydrogen-bond acceptors (Lipinski definition) is 6. The van der Waals surface area contributed by atoms with Crippen molar-refractivity contribution in [2.75, 3.05) is 0 Å². The quantitative estimate of drug-likeness (QED) is 0.473. The number of nitriles is 1. The van der Waals surface area contributed by atoms with Crippen LogP contribution in [0.3, 0.4) is 0 Å². The third-order valence-electron chi connectivity index (χ3n) is 4.41. The van der Waals surface area contributed by atoms with E-state index in [-0.39, 0.29) is 22.5 Å². The lowest BCUT2D eigenvalue weighted by Crippen LogP contribution is -2.28. The molecule has 0 aliphatic carbocycles. The van der Waals surface area contributed by atoms with Gasteiger partial charge in [0.2, 0.25) is 0 Å². The highest BCUT2D eigenvalue weighted by molar-refractivity contribution is 6.31. The van der Waals surface area contributed by atoms with Crippen LogP contribution in [-0.2, 0) is 0 Å². The van der Waals surface area contributed by atoms with E-state index in [2.05, 4.69) is 5.10 Å². The summed E-state index contributed by atoms with van der Waals surface area (Å²) in [5.74, 6) is -1.48. The Kier molecular flexibility index (Phi) is 5.95. The van der Waals surface area contributed by atoms with Crippen molar-refractivity contribution in [2.45, 2.75) is 6.92 Å². The van der Waals surface area contributed by atoms with Gasteiger partial charge in [-0.25, -0.2) is 4.79 Å². The van der Waals surface area contributed by atoms with E-state index in [0.717, 1.165) is 16.3 Å². The van der Waals surface area contributed by atoms with Crippen molar-refractivity contribution >= 4 is 35.4 Å². The van der Waals surface area contributed by atoms with Gasteiger partial charge in [0.05, 0.1) is 16.2 Å². The second-order valence-electron chi connectivity index (χ2n) is 6.35. The normalized spacial score (nSPS) is 10.7. The molecule has 1 aromatic heterocycles. The van der Waals surface area contributed by atoms with Crippen molar-refractivity contribution < 1.29 is 14.8 Å². The first kappa shape index (κ1) is 21.4. The van der Waals surface area contributed by atoms with Crippen molar-refractivity contribution in [2.24, 2.45) is 0 Å². The van der Waals surface area contributed by atoms with E-state index < -0.39 is 27.7 Å². The first-order valence-electron chi connectivity index (χ1n) is 8.73. The van der Waals surface area contributed by atoms with Gasteiger partial charge in [-0.1, -0.05) is 35.9 Å². The molecular weight excluding hydrogens is 424 g/mol. The van der Waals surface area contributed by atoms with Crippen LogP contribution in [0.25, 0.3) is 17.8 Å². The van der Waals surface area contributed by atoms with Crippen LogP contribution in [0.15, 0.2) is 47.3 Å². The standard InChI is InChI=1S/C21H13ClN4O5/c1-12-6-8-14(10-17(12)22)25-20(27)16(11-23)15(19(24-25)21(28)29)9-7-13-4-2-3-5-18(13)26(30)31/h2-10H,1H3,(H,28,29)/b9-7+. The summed E-state index contributed by atoms with van der Waals surface area (Å²) in [7, 11) is 0. The van der Waals surface area contributed by atoms with E-state index in [1.807, 2.05) is 0 Å². The van der Waals surface area contributed by atoms with Gasteiger partial charge in [-0.15, -0.1) is 0 Å². The lowest BCUT2D eigenvalue weighted by molar-refractivity contribution is -0.385. The van der Waals surface area contributed by atoms with Crippen molar-refractivity contribution in [3.8, 4) is 11.8 Å². The van der Waals surface area contributed by atoms with Crippen LogP contribution in [-0.4, -0.2) is 25.8 Å². The maximum absolute atomic E-state index is 12.9. The predicted molar refractivity (Wildman–Crippen MR) is 113 cm³/mol. The van der Waals surface area contributed by atoms with Crippen LogP contribution < -0.4 is 5.56 Å². The van der Waals surface area contributed by atoms with Gasteiger partial charge in [-0.3, -0.25) is 14.9 Å². The Morgan fingerprint density at radius 1 is 1.29 bits per heavy atom. The Morgan fingerprint density at radius 2 is 2.00 bits per heavy atom. The summed E-state index contributed by atoms with van der Waals surface area (Å²) >= 11 is 6.09. The van der Waals surface area contributed by atoms with Crippen LogP contribution in [0.4, 0.5) is 5.69 Å². The Hall–Kier alpha value is -4.29. The average molecular weight is 437 g/mol. The average Bonchev–Trinajstić information content (AvgIpc) is 2.74. The van der Waals surface area contributed by atoms with E-state index in [1.54, 1.807) is 25.1 Å². The smallest absolute Gasteiger partial charge is 0.357 e. The summed E-state index contributed by atoms with van der Waals surface area (Å²) in [6.07, 6.45) is 2.42. The van der Waals surface area contributed by atoms with Gasteiger partial charge >= 0.3 is 5.97 Å². The Labute approximate surface area is 180 Å². The number of aromatic nitrogens is 2. The lowest BCUT2D eigenvalue weighted by atomic mass is 10.1. The molecule has 1 heterocycles. The number of hydrogen-bond donors (Lipinski definition) is 1. The maximum atomic E-state index is 12.9. The van der Waals surface area contributed by atoms with Crippen LogP contribution >= 0.6 is 11.6 Å². The van der Waals surface area contributed by atoms with Gasteiger partial charge in [0.15, 0.2) is 5.69 Å². The second-order valence-corrected chi connectivity index (χ2v) is 6.76. The number of para-hydroxylation sites is 1. The largest absolute Gasteiger partial charge is 0.476 e. The third-order valence-corrected chi connectivity index (χ3v) is 4.82. The van der Waals surface area contributed by atoms with Crippen LogP contribution in [0, 0.1) is 28.4 Å². The monoisotopic (exact) mass is 436 g/mol. The van der Waals surface area contributed by atoms with Gasteiger partial charge < -0.3 is 5.11 Å². The lowest BCUT2D eigenvalue weighted by Gasteiger charge is -2.10. The topological polar surface area (TPSA) is 139 Å². The minimum absolute atomic E-state index is 0.169. The zero-order chi connectivity index (χ0) is 22.7. The molecule has 0 bridgehead atoms. The molecule has 0 saturated heterocycles. The molecule has 3 rings (SSSR count). The van der Waals surface area contributed by atoms with Gasteiger partial charge in [0.1, 0.15) is 11.6 Å². The molecule has 0 radical (unpaired) electrons. The van der Waals surface area contributed by atoms with E-state index in [1.165, 1.54) is 36.4 Å². The number of nitro groups is 1. The van der Waals surface area contributed by atoms with Crippen LogP contribution in [0.1, 0.15) is 32.7 Å². The Bertz CT molecular complexity index is 1350.